The number of carbonyl (C=O) groups excluding carboxylic acids is 1. The summed E-state index contributed by atoms with van der Waals surface area (Å²) < 4.78 is 4.86. The quantitative estimate of drug-likeness (QED) is 0.680. The van der Waals surface area contributed by atoms with Gasteiger partial charge in [0.15, 0.2) is 0 Å². The minimum absolute atomic E-state index is 0.208. The largest absolute Gasteiger partial charge is 0.468 e. The molecule has 1 N–H and O–H groups in total. The summed E-state index contributed by atoms with van der Waals surface area (Å²) in [4.78, 5) is 16.3. The molecule has 2 unspecified atom stereocenters. The summed E-state index contributed by atoms with van der Waals surface area (Å²) in [7, 11) is 7.46. The maximum atomic E-state index is 11.8. The summed E-state index contributed by atoms with van der Waals surface area (Å²) in [5, 5.41) is 3.07. The molecule has 18 heavy (non-hydrogen) atoms. The second-order valence-corrected chi connectivity index (χ2v) is 5.69. The summed E-state index contributed by atoms with van der Waals surface area (Å²) in [6.45, 7) is 5.91. The normalized spacial score (nSPS) is 24.2. The molecule has 1 aliphatic rings. The Hall–Kier alpha value is -0.650. The van der Waals surface area contributed by atoms with Crippen molar-refractivity contribution in [2.45, 2.75) is 18.9 Å². The van der Waals surface area contributed by atoms with Crippen LogP contribution >= 0.6 is 0 Å². The van der Waals surface area contributed by atoms with E-state index in [0.717, 1.165) is 13.1 Å². The van der Waals surface area contributed by atoms with Crippen molar-refractivity contribution in [3.63, 3.8) is 0 Å². The number of esters is 1. The third-order valence-electron chi connectivity index (χ3n) is 3.83. The van der Waals surface area contributed by atoms with E-state index in [-0.39, 0.29) is 5.97 Å². The molecule has 0 radical (unpaired) electrons. The molecular formula is C13H27N3O2. The highest BCUT2D eigenvalue weighted by molar-refractivity contribution is 5.80. The van der Waals surface area contributed by atoms with Gasteiger partial charge >= 0.3 is 5.97 Å². The van der Waals surface area contributed by atoms with Gasteiger partial charge in [0.2, 0.25) is 0 Å². The molecule has 0 amide bonds. The van der Waals surface area contributed by atoms with Crippen LogP contribution in [-0.4, -0.2) is 75.7 Å². The first-order valence-electron chi connectivity index (χ1n) is 6.55. The van der Waals surface area contributed by atoms with Gasteiger partial charge in [-0.3, -0.25) is 4.79 Å². The van der Waals surface area contributed by atoms with Gasteiger partial charge in [0, 0.05) is 19.6 Å². The third-order valence-corrected chi connectivity index (χ3v) is 3.83. The van der Waals surface area contributed by atoms with Gasteiger partial charge in [-0.2, -0.15) is 0 Å². The van der Waals surface area contributed by atoms with Crippen molar-refractivity contribution in [1.82, 2.24) is 15.1 Å². The van der Waals surface area contributed by atoms with E-state index >= 15 is 0 Å². The fourth-order valence-electron chi connectivity index (χ4n) is 2.69. The van der Waals surface area contributed by atoms with Crippen molar-refractivity contribution < 1.29 is 9.53 Å². The fourth-order valence-corrected chi connectivity index (χ4v) is 2.69. The SMILES string of the molecule is CNC(C)(CN(C)CC1CCN(C)C1)C(=O)OC. The molecule has 0 aromatic heterocycles. The molecule has 2 atom stereocenters. The van der Waals surface area contributed by atoms with E-state index in [1.54, 1.807) is 7.05 Å². The molecule has 106 valence electrons. The van der Waals surface area contributed by atoms with E-state index < -0.39 is 5.54 Å². The van der Waals surface area contributed by atoms with Gasteiger partial charge < -0.3 is 19.9 Å². The van der Waals surface area contributed by atoms with Gasteiger partial charge in [-0.05, 0) is 47.0 Å². The lowest BCUT2D eigenvalue weighted by Gasteiger charge is -2.32. The second kappa shape index (κ2) is 6.50. The number of hydrogen-bond acceptors (Lipinski definition) is 5. The van der Waals surface area contributed by atoms with Gasteiger partial charge in [0.05, 0.1) is 7.11 Å². The van der Waals surface area contributed by atoms with Gasteiger partial charge in [0.25, 0.3) is 0 Å². The molecule has 1 rings (SSSR count). The van der Waals surface area contributed by atoms with Crippen LogP contribution in [0.25, 0.3) is 0 Å². The zero-order valence-electron chi connectivity index (χ0n) is 12.3. The molecule has 1 aliphatic heterocycles. The lowest BCUT2D eigenvalue weighted by Crippen LogP contribution is -2.56. The number of carbonyl (C=O) groups is 1. The van der Waals surface area contributed by atoms with Crippen LogP contribution in [0.5, 0.6) is 0 Å². The molecule has 0 aromatic carbocycles. The van der Waals surface area contributed by atoms with E-state index in [1.165, 1.54) is 20.1 Å². The van der Waals surface area contributed by atoms with Crippen LogP contribution in [0.3, 0.4) is 0 Å². The van der Waals surface area contributed by atoms with E-state index in [9.17, 15) is 4.79 Å². The fraction of sp³-hybridized carbons (Fsp3) is 0.923. The molecule has 0 saturated carbocycles. The maximum absolute atomic E-state index is 11.8. The number of ether oxygens (including phenoxy) is 1. The minimum Gasteiger partial charge on any atom is -0.468 e. The maximum Gasteiger partial charge on any atom is 0.327 e. The highest BCUT2D eigenvalue weighted by Gasteiger charge is 2.34. The molecule has 1 fully saturated rings. The first-order valence-corrected chi connectivity index (χ1v) is 6.55. The van der Waals surface area contributed by atoms with Crippen molar-refractivity contribution in [3.8, 4) is 0 Å². The smallest absolute Gasteiger partial charge is 0.327 e. The Morgan fingerprint density at radius 3 is 2.72 bits per heavy atom. The highest BCUT2D eigenvalue weighted by Crippen LogP contribution is 2.16. The first-order chi connectivity index (χ1) is 8.41. The van der Waals surface area contributed by atoms with Crippen molar-refractivity contribution in [2.24, 2.45) is 5.92 Å². The van der Waals surface area contributed by atoms with Crippen LogP contribution in [0.15, 0.2) is 0 Å². The van der Waals surface area contributed by atoms with Crippen LogP contribution in [0.1, 0.15) is 13.3 Å². The number of rotatable bonds is 6. The Kier molecular flexibility index (Phi) is 5.56. The summed E-state index contributed by atoms with van der Waals surface area (Å²) in [6.07, 6.45) is 1.25. The number of likely N-dealkylation sites (tertiary alicyclic amines) is 1. The Morgan fingerprint density at radius 1 is 1.61 bits per heavy atom. The summed E-state index contributed by atoms with van der Waals surface area (Å²) >= 11 is 0. The Bertz CT molecular complexity index is 285. The van der Waals surface area contributed by atoms with Crippen molar-refractivity contribution >= 4 is 5.97 Å². The van der Waals surface area contributed by atoms with Crippen molar-refractivity contribution in [3.05, 3.63) is 0 Å². The molecule has 5 heteroatoms. The molecule has 5 nitrogen and oxygen atoms in total. The molecule has 0 bridgehead atoms. The predicted molar refractivity (Wildman–Crippen MR) is 72.6 cm³/mol. The van der Waals surface area contributed by atoms with Crippen LogP contribution in [-0.2, 0) is 9.53 Å². The minimum atomic E-state index is -0.631. The van der Waals surface area contributed by atoms with Crippen LogP contribution in [0, 0.1) is 5.92 Å². The zero-order chi connectivity index (χ0) is 13.8. The third kappa shape index (κ3) is 3.93. The predicted octanol–water partition coefficient (Wildman–Crippen LogP) is 0.0210. The average Bonchev–Trinajstić information content (AvgIpc) is 2.73. The number of hydrogen-bond donors (Lipinski definition) is 1. The van der Waals surface area contributed by atoms with Crippen LogP contribution < -0.4 is 5.32 Å². The molecule has 1 saturated heterocycles. The van der Waals surface area contributed by atoms with Gasteiger partial charge in [-0.1, -0.05) is 0 Å². The van der Waals surface area contributed by atoms with Crippen LogP contribution in [0.2, 0.25) is 0 Å². The van der Waals surface area contributed by atoms with E-state index in [0.29, 0.717) is 12.5 Å². The first kappa shape index (κ1) is 15.4. The summed E-state index contributed by atoms with van der Waals surface area (Å²) in [6, 6.07) is 0. The lowest BCUT2D eigenvalue weighted by molar-refractivity contribution is -0.148. The summed E-state index contributed by atoms with van der Waals surface area (Å²) in [5.41, 5.74) is -0.631. The van der Waals surface area contributed by atoms with E-state index in [1.807, 2.05) is 6.92 Å². The number of methoxy groups -OCH3 is 1. The van der Waals surface area contributed by atoms with Crippen molar-refractivity contribution in [1.29, 1.82) is 0 Å². The second-order valence-electron chi connectivity index (χ2n) is 5.69. The summed E-state index contributed by atoms with van der Waals surface area (Å²) in [5.74, 6) is 0.499. The Labute approximate surface area is 110 Å². The number of nitrogens with zero attached hydrogens (tertiary/aromatic N) is 2. The monoisotopic (exact) mass is 257 g/mol. The van der Waals surface area contributed by atoms with Gasteiger partial charge in [0.1, 0.15) is 5.54 Å². The zero-order valence-corrected chi connectivity index (χ0v) is 12.3. The Morgan fingerprint density at radius 2 is 2.28 bits per heavy atom. The van der Waals surface area contributed by atoms with E-state index in [2.05, 4.69) is 29.2 Å². The van der Waals surface area contributed by atoms with Crippen LogP contribution in [0.4, 0.5) is 0 Å². The van der Waals surface area contributed by atoms with E-state index in [4.69, 9.17) is 4.74 Å². The molecule has 0 aliphatic carbocycles. The molecule has 0 spiro atoms. The molecular weight excluding hydrogens is 230 g/mol. The van der Waals surface area contributed by atoms with Gasteiger partial charge in [-0.25, -0.2) is 0 Å². The van der Waals surface area contributed by atoms with Gasteiger partial charge in [-0.15, -0.1) is 0 Å². The standard InChI is InChI=1S/C13H27N3O2/c1-13(14-2,12(17)18-5)10-16(4)9-11-6-7-15(3)8-11/h11,14H,6-10H2,1-5H3. The Balaban J connectivity index is 2.46. The average molecular weight is 257 g/mol. The number of nitrogens with one attached hydrogen (secondary N) is 1. The number of likely N-dealkylation sites (N-methyl/N-ethyl adjacent to an activating group) is 2. The molecule has 0 aromatic rings. The lowest BCUT2D eigenvalue weighted by atomic mass is 10.0. The van der Waals surface area contributed by atoms with Crippen molar-refractivity contribution in [2.75, 3.05) is 54.4 Å². The molecule has 1 heterocycles. The topological polar surface area (TPSA) is 44.8 Å². The highest BCUT2D eigenvalue weighted by atomic mass is 16.5.